The third-order valence-electron chi connectivity index (χ3n) is 3.88. The standard InChI is InChI=1S/C14H20N2O5/c1-4-14(5-2,8-17)15-11-6-10(13(18)19)7-12(9(11)3)16(20)21/h6-7,15,17H,4-5,8H2,1-3H3,(H,18,19). The summed E-state index contributed by atoms with van der Waals surface area (Å²) in [7, 11) is 0. The van der Waals surface area contributed by atoms with E-state index in [2.05, 4.69) is 5.32 Å². The summed E-state index contributed by atoms with van der Waals surface area (Å²) < 4.78 is 0. The molecule has 3 N–H and O–H groups in total. The molecule has 0 saturated heterocycles. The number of carboxylic acids is 1. The lowest BCUT2D eigenvalue weighted by Crippen LogP contribution is -2.41. The Kier molecular flexibility index (Phi) is 5.26. The first-order valence-electron chi connectivity index (χ1n) is 6.71. The fourth-order valence-electron chi connectivity index (χ4n) is 2.12. The minimum Gasteiger partial charge on any atom is -0.478 e. The van der Waals surface area contributed by atoms with Crippen molar-refractivity contribution in [2.75, 3.05) is 11.9 Å². The second-order valence-corrected chi connectivity index (χ2v) is 5.00. The molecule has 1 aromatic rings. The third kappa shape index (κ3) is 3.49. The molecular formula is C14H20N2O5. The lowest BCUT2D eigenvalue weighted by atomic mass is 9.92. The van der Waals surface area contributed by atoms with E-state index >= 15 is 0 Å². The van der Waals surface area contributed by atoms with E-state index in [1.165, 1.54) is 6.07 Å². The first-order valence-corrected chi connectivity index (χ1v) is 6.71. The molecule has 0 bridgehead atoms. The highest BCUT2D eigenvalue weighted by Gasteiger charge is 2.28. The molecule has 0 spiro atoms. The van der Waals surface area contributed by atoms with Crippen molar-refractivity contribution in [1.82, 2.24) is 0 Å². The normalized spacial score (nSPS) is 11.2. The highest BCUT2D eigenvalue weighted by Crippen LogP contribution is 2.31. The molecule has 0 heterocycles. The number of aromatic carboxylic acids is 1. The number of nitro groups is 1. The van der Waals surface area contributed by atoms with E-state index in [1.807, 2.05) is 13.8 Å². The summed E-state index contributed by atoms with van der Waals surface area (Å²) in [5.74, 6) is -1.23. The Bertz CT molecular complexity index is 544. The fraction of sp³-hybridized carbons (Fsp3) is 0.500. The number of carboxylic acid groups (broad SMARTS) is 1. The van der Waals surface area contributed by atoms with Gasteiger partial charge in [0, 0.05) is 17.3 Å². The fourth-order valence-corrected chi connectivity index (χ4v) is 2.12. The van der Waals surface area contributed by atoms with Crippen LogP contribution in [0.15, 0.2) is 12.1 Å². The average Bonchev–Trinajstić information content (AvgIpc) is 2.46. The number of nitro benzene ring substituents is 1. The summed E-state index contributed by atoms with van der Waals surface area (Å²) in [5, 5.41) is 32.8. The topological polar surface area (TPSA) is 113 Å². The van der Waals surface area contributed by atoms with Gasteiger partial charge in [-0.3, -0.25) is 10.1 Å². The van der Waals surface area contributed by atoms with Crippen LogP contribution in [0.2, 0.25) is 0 Å². The summed E-state index contributed by atoms with van der Waals surface area (Å²) in [6, 6.07) is 2.40. The van der Waals surface area contributed by atoms with Crippen LogP contribution in [0.4, 0.5) is 11.4 Å². The van der Waals surface area contributed by atoms with Crippen LogP contribution >= 0.6 is 0 Å². The van der Waals surface area contributed by atoms with Gasteiger partial charge < -0.3 is 15.5 Å². The van der Waals surface area contributed by atoms with Crippen LogP contribution in [-0.2, 0) is 0 Å². The third-order valence-corrected chi connectivity index (χ3v) is 3.88. The van der Waals surface area contributed by atoms with E-state index < -0.39 is 16.4 Å². The lowest BCUT2D eigenvalue weighted by molar-refractivity contribution is -0.385. The minimum atomic E-state index is -1.23. The van der Waals surface area contributed by atoms with Gasteiger partial charge in [0.1, 0.15) is 0 Å². The van der Waals surface area contributed by atoms with Gasteiger partial charge in [0.25, 0.3) is 5.69 Å². The molecule has 0 unspecified atom stereocenters. The summed E-state index contributed by atoms with van der Waals surface area (Å²) in [6.07, 6.45) is 1.20. The van der Waals surface area contributed by atoms with Crippen molar-refractivity contribution in [3.63, 3.8) is 0 Å². The molecule has 1 rings (SSSR count). The van der Waals surface area contributed by atoms with Crippen LogP contribution in [-0.4, -0.2) is 33.3 Å². The SMILES string of the molecule is CCC(CC)(CO)Nc1cc(C(=O)O)cc([N+](=O)[O-])c1C. The van der Waals surface area contributed by atoms with Gasteiger partial charge in [-0.15, -0.1) is 0 Å². The molecule has 7 nitrogen and oxygen atoms in total. The van der Waals surface area contributed by atoms with Crippen molar-refractivity contribution in [2.45, 2.75) is 39.2 Å². The summed E-state index contributed by atoms with van der Waals surface area (Å²) in [6.45, 7) is 5.18. The number of nitrogens with one attached hydrogen (secondary N) is 1. The number of carbonyl (C=O) groups is 1. The summed E-state index contributed by atoms with van der Waals surface area (Å²) in [4.78, 5) is 21.6. The van der Waals surface area contributed by atoms with Gasteiger partial charge in [-0.25, -0.2) is 4.79 Å². The lowest BCUT2D eigenvalue weighted by Gasteiger charge is -2.32. The largest absolute Gasteiger partial charge is 0.478 e. The number of rotatable bonds is 7. The molecule has 0 fully saturated rings. The van der Waals surface area contributed by atoms with Gasteiger partial charge in [-0.2, -0.15) is 0 Å². The van der Waals surface area contributed by atoms with Crippen LogP contribution in [0.25, 0.3) is 0 Å². The molecule has 0 saturated carbocycles. The molecule has 0 aliphatic heterocycles. The second-order valence-electron chi connectivity index (χ2n) is 5.00. The summed E-state index contributed by atoms with van der Waals surface area (Å²) in [5.41, 5.74) is -0.329. The second kappa shape index (κ2) is 6.53. The van der Waals surface area contributed by atoms with E-state index in [9.17, 15) is 20.0 Å². The van der Waals surface area contributed by atoms with Crippen LogP contribution in [0.1, 0.15) is 42.6 Å². The molecule has 0 radical (unpaired) electrons. The number of anilines is 1. The van der Waals surface area contributed by atoms with Gasteiger partial charge in [-0.1, -0.05) is 13.8 Å². The molecule has 0 aliphatic rings. The Morgan fingerprint density at radius 3 is 2.33 bits per heavy atom. The molecule has 1 aromatic carbocycles. The molecule has 0 amide bonds. The maximum atomic E-state index is 11.1. The molecule has 116 valence electrons. The maximum absolute atomic E-state index is 11.1. The zero-order valence-corrected chi connectivity index (χ0v) is 12.3. The Morgan fingerprint density at radius 1 is 1.38 bits per heavy atom. The van der Waals surface area contributed by atoms with Gasteiger partial charge >= 0.3 is 5.97 Å². The first kappa shape index (κ1) is 16.9. The van der Waals surface area contributed by atoms with Crippen LogP contribution in [0, 0.1) is 17.0 Å². The van der Waals surface area contributed by atoms with Crippen molar-refractivity contribution < 1.29 is 19.9 Å². The van der Waals surface area contributed by atoms with E-state index in [4.69, 9.17) is 5.11 Å². The number of hydrogen-bond donors (Lipinski definition) is 3. The quantitative estimate of drug-likeness (QED) is 0.526. The van der Waals surface area contributed by atoms with E-state index in [0.29, 0.717) is 24.1 Å². The Morgan fingerprint density at radius 2 is 1.95 bits per heavy atom. The highest BCUT2D eigenvalue weighted by atomic mass is 16.6. The highest BCUT2D eigenvalue weighted by molar-refractivity contribution is 5.90. The van der Waals surface area contributed by atoms with Crippen LogP contribution in [0.3, 0.4) is 0 Å². The number of hydrogen-bond acceptors (Lipinski definition) is 5. The molecule has 0 atom stereocenters. The zero-order valence-electron chi connectivity index (χ0n) is 12.3. The number of benzene rings is 1. The van der Waals surface area contributed by atoms with Crippen LogP contribution in [0.5, 0.6) is 0 Å². The number of nitrogens with zero attached hydrogens (tertiary/aromatic N) is 1. The van der Waals surface area contributed by atoms with Crippen LogP contribution < -0.4 is 5.32 Å². The Balaban J connectivity index is 3.40. The molecule has 0 aliphatic carbocycles. The molecular weight excluding hydrogens is 276 g/mol. The summed E-state index contributed by atoms with van der Waals surface area (Å²) >= 11 is 0. The van der Waals surface area contributed by atoms with E-state index in [-0.39, 0.29) is 17.9 Å². The van der Waals surface area contributed by atoms with Gasteiger partial charge in [0.05, 0.1) is 22.6 Å². The van der Waals surface area contributed by atoms with Gasteiger partial charge in [0.2, 0.25) is 0 Å². The average molecular weight is 296 g/mol. The number of aliphatic hydroxyl groups is 1. The van der Waals surface area contributed by atoms with Gasteiger partial charge in [-0.05, 0) is 25.8 Å². The predicted octanol–water partition coefficient (Wildman–Crippen LogP) is 2.56. The predicted molar refractivity (Wildman–Crippen MR) is 78.8 cm³/mol. The maximum Gasteiger partial charge on any atom is 0.336 e. The van der Waals surface area contributed by atoms with Gasteiger partial charge in [0.15, 0.2) is 0 Å². The monoisotopic (exact) mass is 296 g/mol. The van der Waals surface area contributed by atoms with Crippen molar-refractivity contribution in [3.8, 4) is 0 Å². The van der Waals surface area contributed by atoms with E-state index in [0.717, 1.165) is 6.07 Å². The molecule has 7 heteroatoms. The zero-order chi connectivity index (χ0) is 16.2. The molecule has 0 aromatic heterocycles. The Labute approximate surface area is 122 Å². The van der Waals surface area contributed by atoms with Crippen molar-refractivity contribution in [2.24, 2.45) is 0 Å². The van der Waals surface area contributed by atoms with Crippen molar-refractivity contribution >= 4 is 17.3 Å². The van der Waals surface area contributed by atoms with Crippen molar-refractivity contribution in [1.29, 1.82) is 0 Å². The first-order chi connectivity index (χ1) is 9.80. The smallest absolute Gasteiger partial charge is 0.336 e. The van der Waals surface area contributed by atoms with E-state index in [1.54, 1.807) is 6.92 Å². The molecule has 21 heavy (non-hydrogen) atoms. The minimum absolute atomic E-state index is 0.148. The Hall–Kier alpha value is -2.15. The number of aliphatic hydroxyl groups excluding tert-OH is 1. The van der Waals surface area contributed by atoms with Crippen molar-refractivity contribution in [3.05, 3.63) is 33.4 Å².